The van der Waals surface area contributed by atoms with Crippen LogP contribution in [0.15, 0.2) is 18.2 Å². The molecular weight excluding hydrogens is 264 g/mol. The van der Waals surface area contributed by atoms with Crippen LogP contribution >= 0.6 is 0 Å². The Hall–Kier alpha value is -1.10. The molecule has 0 fully saturated rings. The molecule has 4 nitrogen and oxygen atoms in total. The normalized spacial score (nSPS) is 14.2. The van der Waals surface area contributed by atoms with Crippen molar-refractivity contribution in [2.75, 3.05) is 6.54 Å². The Morgan fingerprint density at radius 1 is 1.00 bits per heavy atom. The quantitative estimate of drug-likeness (QED) is 0.674. The molecule has 1 atom stereocenters. The van der Waals surface area contributed by atoms with Gasteiger partial charge in [0.25, 0.3) is 0 Å². The van der Waals surface area contributed by atoms with E-state index in [2.05, 4.69) is 52.2 Å². The van der Waals surface area contributed by atoms with Crippen LogP contribution in [0, 0.1) is 0 Å². The highest BCUT2D eigenvalue weighted by Gasteiger charge is 2.16. The van der Waals surface area contributed by atoms with Crippen molar-refractivity contribution in [3.63, 3.8) is 0 Å². The minimum atomic E-state index is -0.585. The van der Waals surface area contributed by atoms with Gasteiger partial charge in [0.1, 0.15) is 5.75 Å². The Kier molecular flexibility index (Phi) is 5.79. The first kappa shape index (κ1) is 18.0. The van der Waals surface area contributed by atoms with Gasteiger partial charge in [0.15, 0.2) is 0 Å². The maximum atomic E-state index is 10.3. The molecule has 4 N–H and O–H groups in total. The van der Waals surface area contributed by atoms with Gasteiger partial charge in [-0.05, 0) is 59.2 Å². The van der Waals surface area contributed by atoms with Gasteiger partial charge < -0.3 is 20.8 Å². The fourth-order valence-corrected chi connectivity index (χ4v) is 1.84. The van der Waals surface area contributed by atoms with Crippen molar-refractivity contribution in [1.82, 2.24) is 10.6 Å². The van der Waals surface area contributed by atoms with Crippen molar-refractivity contribution in [3.8, 4) is 5.75 Å². The summed E-state index contributed by atoms with van der Waals surface area (Å²) in [6.07, 6.45) is -0.585. The number of hydrogen-bond acceptors (Lipinski definition) is 4. The third-order valence-corrected chi connectivity index (χ3v) is 3.12. The Labute approximate surface area is 128 Å². The van der Waals surface area contributed by atoms with E-state index in [9.17, 15) is 10.2 Å². The smallest absolute Gasteiger partial charge is 0.120 e. The molecule has 1 aromatic carbocycles. The van der Waals surface area contributed by atoms with Gasteiger partial charge in [-0.3, -0.25) is 0 Å². The van der Waals surface area contributed by atoms with Crippen molar-refractivity contribution >= 4 is 0 Å². The highest BCUT2D eigenvalue weighted by Crippen LogP contribution is 2.23. The summed E-state index contributed by atoms with van der Waals surface area (Å²) in [7, 11) is 0. The van der Waals surface area contributed by atoms with Gasteiger partial charge in [-0.25, -0.2) is 0 Å². The summed E-state index contributed by atoms with van der Waals surface area (Å²) in [5.74, 6) is 0.256. The number of hydrogen-bond donors (Lipinski definition) is 4. The first-order chi connectivity index (χ1) is 9.48. The van der Waals surface area contributed by atoms with Gasteiger partial charge in [0.2, 0.25) is 0 Å². The van der Waals surface area contributed by atoms with Crippen LogP contribution in [0.4, 0.5) is 0 Å². The molecule has 21 heavy (non-hydrogen) atoms. The molecule has 0 heterocycles. The van der Waals surface area contributed by atoms with E-state index in [1.807, 2.05) is 6.07 Å². The van der Waals surface area contributed by atoms with Crippen LogP contribution in [0.1, 0.15) is 58.8 Å². The van der Waals surface area contributed by atoms with Gasteiger partial charge in [0.05, 0.1) is 6.10 Å². The summed E-state index contributed by atoms with van der Waals surface area (Å²) in [4.78, 5) is 0. The summed E-state index contributed by atoms with van der Waals surface area (Å²) < 4.78 is 0. The average Bonchev–Trinajstić information content (AvgIpc) is 2.33. The number of phenolic OH excluding ortho intramolecular Hbond substituents is 1. The first-order valence-electron chi connectivity index (χ1n) is 7.48. The molecule has 0 aliphatic carbocycles. The van der Waals surface area contributed by atoms with E-state index in [0.29, 0.717) is 13.1 Å². The van der Waals surface area contributed by atoms with Gasteiger partial charge in [-0.2, -0.15) is 0 Å². The van der Waals surface area contributed by atoms with Crippen LogP contribution in [0.2, 0.25) is 0 Å². The Bertz CT molecular complexity index is 459. The highest BCUT2D eigenvalue weighted by molar-refractivity contribution is 5.37. The number of β-amino-alcohol motifs (C(OH)–C–C–N with tert-alkyl or cyclic N) is 1. The predicted octanol–water partition coefficient (Wildman–Crippen LogP) is 2.70. The van der Waals surface area contributed by atoms with Crippen molar-refractivity contribution in [3.05, 3.63) is 29.3 Å². The number of aliphatic hydroxyl groups is 1. The summed E-state index contributed by atoms with van der Waals surface area (Å²) in [6.45, 7) is 13.5. The van der Waals surface area contributed by atoms with Gasteiger partial charge in [-0.15, -0.1) is 0 Å². The topological polar surface area (TPSA) is 64.5 Å². The van der Waals surface area contributed by atoms with E-state index in [4.69, 9.17) is 0 Å². The molecule has 0 saturated heterocycles. The molecule has 1 unspecified atom stereocenters. The zero-order valence-corrected chi connectivity index (χ0v) is 14.1. The molecule has 0 aliphatic heterocycles. The minimum Gasteiger partial charge on any atom is -0.508 e. The molecule has 0 radical (unpaired) electrons. The number of aliphatic hydroxyl groups excluding tert-OH is 1. The lowest BCUT2D eigenvalue weighted by molar-refractivity contribution is 0.163. The van der Waals surface area contributed by atoms with Crippen molar-refractivity contribution in [2.24, 2.45) is 0 Å². The molecule has 0 aliphatic rings. The standard InChI is InChI=1S/C17H30N2O2/c1-16(2,3)18-10-13-9-12(7-8-14(13)20)15(21)11-19-17(4,5)6/h7-9,15,18-21H,10-11H2,1-6H3. The van der Waals surface area contributed by atoms with Crippen molar-refractivity contribution in [2.45, 2.75) is 65.3 Å². The zero-order valence-electron chi connectivity index (χ0n) is 14.1. The number of phenols is 1. The second-order valence-corrected chi connectivity index (χ2v) is 7.64. The zero-order chi connectivity index (χ0) is 16.3. The van der Waals surface area contributed by atoms with Gasteiger partial charge >= 0.3 is 0 Å². The monoisotopic (exact) mass is 294 g/mol. The fraction of sp³-hybridized carbons (Fsp3) is 0.647. The third-order valence-electron chi connectivity index (χ3n) is 3.12. The largest absolute Gasteiger partial charge is 0.508 e. The van der Waals surface area contributed by atoms with Crippen LogP contribution in [0.3, 0.4) is 0 Å². The van der Waals surface area contributed by atoms with E-state index in [0.717, 1.165) is 11.1 Å². The van der Waals surface area contributed by atoms with E-state index in [1.165, 1.54) is 0 Å². The molecule has 1 rings (SSSR count). The lowest BCUT2D eigenvalue weighted by Gasteiger charge is -2.24. The first-order valence-corrected chi connectivity index (χ1v) is 7.48. The molecule has 0 bridgehead atoms. The summed E-state index contributed by atoms with van der Waals surface area (Å²) in [5, 5.41) is 26.8. The lowest BCUT2D eigenvalue weighted by Crippen LogP contribution is -2.38. The summed E-state index contributed by atoms with van der Waals surface area (Å²) in [6, 6.07) is 5.28. The van der Waals surface area contributed by atoms with E-state index < -0.39 is 6.10 Å². The van der Waals surface area contributed by atoms with Crippen LogP contribution in [0.25, 0.3) is 0 Å². The number of nitrogens with one attached hydrogen (secondary N) is 2. The van der Waals surface area contributed by atoms with E-state index in [-0.39, 0.29) is 16.8 Å². The number of benzene rings is 1. The Morgan fingerprint density at radius 3 is 2.10 bits per heavy atom. The molecule has 0 saturated carbocycles. The van der Waals surface area contributed by atoms with Crippen LogP contribution in [-0.4, -0.2) is 27.8 Å². The fourth-order valence-electron chi connectivity index (χ4n) is 1.84. The van der Waals surface area contributed by atoms with Crippen LogP contribution in [-0.2, 0) is 6.54 Å². The average molecular weight is 294 g/mol. The highest BCUT2D eigenvalue weighted by atomic mass is 16.3. The minimum absolute atomic E-state index is 0.0190. The maximum Gasteiger partial charge on any atom is 0.120 e. The third kappa shape index (κ3) is 6.93. The van der Waals surface area contributed by atoms with E-state index in [1.54, 1.807) is 12.1 Å². The lowest BCUT2D eigenvalue weighted by atomic mass is 10.0. The molecule has 0 aromatic heterocycles. The van der Waals surface area contributed by atoms with Crippen molar-refractivity contribution < 1.29 is 10.2 Å². The van der Waals surface area contributed by atoms with Gasteiger partial charge in [-0.1, -0.05) is 6.07 Å². The van der Waals surface area contributed by atoms with Crippen molar-refractivity contribution in [1.29, 1.82) is 0 Å². The predicted molar refractivity (Wildman–Crippen MR) is 87.4 cm³/mol. The molecular formula is C17H30N2O2. The Balaban J connectivity index is 2.76. The second-order valence-electron chi connectivity index (χ2n) is 7.64. The number of rotatable bonds is 5. The maximum absolute atomic E-state index is 10.3. The number of aromatic hydroxyl groups is 1. The van der Waals surface area contributed by atoms with Gasteiger partial charge in [0, 0.05) is 29.7 Å². The van der Waals surface area contributed by atoms with Crippen LogP contribution in [0.5, 0.6) is 5.75 Å². The van der Waals surface area contributed by atoms with E-state index >= 15 is 0 Å². The second kappa shape index (κ2) is 6.77. The summed E-state index contributed by atoms with van der Waals surface area (Å²) in [5.41, 5.74) is 1.57. The molecule has 1 aromatic rings. The van der Waals surface area contributed by atoms with Crippen LogP contribution < -0.4 is 10.6 Å². The Morgan fingerprint density at radius 2 is 1.57 bits per heavy atom. The molecule has 120 valence electrons. The SMILES string of the molecule is CC(C)(C)NCc1cc(C(O)CNC(C)(C)C)ccc1O. The molecule has 4 heteroatoms. The molecule has 0 amide bonds. The molecule has 0 spiro atoms. The summed E-state index contributed by atoms with van der Waals surface area (Å²) >= 11 is 0.